The number of aromatic nitrogens is 1. The SMILES string of the molecule is CCc1ccccc1NC(=O)c1oc(C)nc1C. The van der Waals surface area contributed by atoms with Gasteiger partial charge < -0.3 is 9.73 Å². The Bertz CT molecular complexity index is 573. The first kappa shape index (κ1) is 12.4. The van der Waals surface area contributed by atoms with Gasteiger partial charge in [-0.2, -0.15) is 0 Å². The highest BCUT2D eigenvalue weighted by molar-refractivity contribution is 6.03. The number of oxazole rings is 1. The van der Waals surface area contributed by atoms with Crippen molar-refractivity contribution < 1.29 is 9.21 Å². The third kappa shape index (κ3) is 2.42. The van der Waals surface area contributed by atoms with Crippen LogP contribution >= 0.6 is 0 Å². The molecule has 1 amide bonds. The minimum atomic E-state index is -0.256. The van der Waals surface area contributed by atoms with E-state index in [-0.39, 0.29) is 11.7 Å². The molecule has 0 aliphatic rings. The summed E-state index contributed by atoms with van der Waals surface area (Å²) in [7, 11) is 0. The molecule has 0 aliphatic carbocycles. The molecule has 0 fully saturated rings. The standard InChI is InChI=1S/C14H16N2O2/c1-4-11-7-5-6-8-12(11)16-14(17)13-9(2)15-10(3)18-13/h5-8H,4H2,1-3H3,(H,16,17). The summed E-state index contributed by atoms with van der Waals surface area (Å²) in [5, 5.41) is 2.86. The lowest BCUT2D eigenvalue weighted by Crippen LogP contribution is -2.13. The zero-order valence-electron chi connectivity index (χ0n) is 10.8. The van der Waals surface area contributed by atoms with E-state index in [1.54, 1.807) is 13.8 Å². The molecule has 2 rings (SSSR count). The van der Waals surface area contributed by atoms with E-state index < -0.39 is 0 Å². The molecular weight excluding hydrogens is 228 g/mol. The average Bonchev–Trinajstić information content (AvgIpc) is 2.69. The molecule has 2 aromatic rings. The number of hydrogen-bond donors (Lipinski definition) is 1. The maximum Gasteiger partial charge on any atom is 0.293 e. The van der Waals surface area contributed by atoms with E-state index in [0.717, 1.165) is 17.7 Å². The van der Waals surface area contributed by atoms with Crippen molar-refractivity contribution in [1.82, 2.24) is 4.98 Å². The van der Waals surface area contributed by atoms with Crippen LogP contribution in [0.25, 0.3) is 0 Å². The van der Waals surface area contributed by atoms with Gasteiger partial charge in [0, 0.05) is 12.6 Å². The third-order valence-electron chi connectivity index (χ3n) is 2.76. The Labute approximate surface area is 106 Å². The predicted molar refractivity (Wildman–Crippen MR) is 69.8 cm³/mol. The van der Waals surface area contributed by atoms with Crippen LogP contribution in [0.15, 0.2) is 28.7 Å². The molecule has 0 unspecified atom stereocenters. The van der Waals surface area contributed by atoms with Crippen molar-refractivity contribution in [2.24, 2.45) is 0 Å². The van der Waals surface area contributed by atoms with Gasteiger partial charge in [-0.1, -0.05) is 25.1 Å². The van der Waals surface area contributed by atoms with Gasteiger partial charge in [0.05, 0.1) is 5.69 Å². The molecule has 4 heteroatoms. The molecule has 1 N–H and O–H groups in total. The normalized spacial score (nSPS) is 10.4. The molecule has 0 atom stereocenters. The van der Waals surface area contributed by atoms with Crippen LogP contribution in [-0.4, -0.2) is 10.9 Å². The first-order valence-electron chi connectivity index (χ1n) is 5.95. The van der Waals surface area contributed by atoms with Crippen LogP contribution in [0, 0.1) is 13.8 Å². The van der Waals surface area contributed by atoms with Gasteiger partial charge in [-0.15, -0.1) is 0 Å². The molecule has 4 nitrogen and oxygen atoms in total. The van der Waals surface area contributed by atoms with Gasteiger partial charge in [0.25, 0.3) is 5.91 Å². The van der Waals surface area contributed by atoms with Crippen LogP contribution in [0.3, 0.4) is 0 Å². The smallest absolute Gasteiger partial charge is 0.293 e. The number of carbonyl (C=O) groups excluding carboxylic acids is 1. The van der Waals surface area contributed by atoms with Crippen molar-refractivity contribution >= 4 is 11.6 Å². The molecule has 1 heterocycles. The van der Waals surface area contributed by atoms with E-state index in [2.05, 4.69) is 17.2 Å². The number of rotatable bonds is 3. The summed E-state index contributed by atoms with van der Waals surface area (Å²) in [5.41, 5.74) is 2.53. The molecule has 1 aromatic heterocycles. The lowest BCUT2D eigenvalue weighted by atomic mass is 10.1. The van der Waals surface area contributed by atoms with Crippen LogP contribution in [0.2, 0.25) is 0 Å². The highest BCUT2D eigenvalue weighted by atomic mass is 16.4. The van der Waals surface area contributed by atoms with E-state index in [9.17, 15) is 4.79 Å². The number of para-hydroxylation sites is 1. The van der Waals surface area contributed by atoms with Gasteiger partial charge in [0.1, 0.15) is 0 Å². The monoisotopic (exact) mass is 244 g/mol. The number of amides is 1. The largest absolute Gasteiger partial charge is 0.436 e. The van der Waals surface area contributed by atoms with Crippen LogP contribution in [0.1, 0.15) is 34.6 Å². The second kappa shape index (κ2) is 5.04. The van der Waals surface area contributed by atoms with Gasteiger partial charge in [-0.3, -0.25) is 4.79 Å². The van der Waals surface area contributed by atoms with Gasteiger partial charge in [-0.05, 0) is 25.0 Å². The van der Waals surface area contributed by atoms with Crippen LogP contribution in [-0.2, 0) is 6.42 Å². The summed E-state index contributed by atoms with van der Waals surface area (Å²) in [6.45, 7) is 5.54. The van der Waals surface area contributed by atoms with Crippen molar-refractivity contribution in [1.29, 1.82) is 0 Å². The molecule has 0 saturated carbocycles. The Balaban J connectivity index is 2.24. The minimum absolute atomic E-state index is 0.256. The van der Waals surface area contributed by atoms with Crippen molar-refractivity contribution in [3.05, 3.63) is 47.2 Å². The van der Waals surface area contributed by atoms with Gasteiger partial charge in [-0.25, -0.2) is 4.98 Å². The first-order valence-corrected chi connectivity index (χ1v) is 5.95. The van der Waals surface area contributed by atoms with E-state index in [0.29, 0.717) is 11.6 Å². The van der Waals surface area contributed by atoms with Gasteiger partial charge >= 0.3 is 0 Å². The number of carbonyl (C=O) groups is 1. The van der Waals surface area contributed by atoms with Crippen LogP contribution < -0.4 is 5.32 Å². The van der Waals surface area contributed by atoms with E-state index in [1.165, 1.54) is 0 Å². The Morgan fingerprint density at radius 1 is 1.33 bits per heavy atom. The zero-order chi connectivity index (χ0) is 13.1. The number of benzene rings is 1. The highest BCUT2D eigenvalue weighted by Crippen LogP contribution is 2.18. The molecule has 94 valence electrons. The summed E-state index contributed by atoms with van der Waals surface area (Å²) in [4.78, 5) is 16.2. The van der Waals surface area contributed by atoms with Crippen molar-refractivity contribution in [3.63, 3.8) is 0 Å². The first-order chi connectivity index (χ1) is 8.61. The zero-order valence-corrected chi connectivity index (χ0v) is 10.8. The van der Waals surface area contributed by atoms with Crippen molar-refractivity contribution in [2.75, 3.05) is 5.32 Å². The van der Waals surface area contributed by atoms with Crippen molar-refractivity contribution in [2.45, 2.75) is 27.2 Å². The summed E-state index contributed by atoms with van der Waals surface area (Å²) >= 11 is 0. The summed E-state index contributed by atoms with van der Waals surface area (Å²) in [6, 6.07) is 7.73. The molecule has 0 spiro atoms. The van der Waals surface area contributed by atoms with Gasteiger partial charge in [0.2, 0.25) is 5.76 Å². The second-order valence-corrected chi connectivity index (χ2v) is 4.11. The minimum Gasteiger partial charge on any atom is -0.436 e. The highest BCUT2D eigenvalue weighted by Gasteiger charge is 2.16. The van der Waals surface area contributed by atoms with E-state index >= 15 is 0 Å². The number of anilines is 1. The summed E-state index contributed by atoms with van der Waals surface area (Å²) in [6.07, 6.45) is 0.866. The number of aryl methyl sites for hydroxylation is 3. The average molecular weight is 244 g/mol. The molecule has 0 aliphatic heterocycles. The Hall–Kier alpha value is -2.10. The molecule has 0 saturated heterocycles. The number of hydrogen-bond acceptors (Lipinski definition) is 3. The molecular formula is C14H16N2O2. The molecule has 0 radical (unpaired) electrons. The molecule has 18 heavy (non-hydrogen) atoms. The van der Waals surface area contributed by atoms with Crippen molar-refractivity contribution in [3.8, 4) is 0 Å². The van der Waals surface area contributed by atoms with Gasteiger partial charge in [0.15, 0.2) is 5.89 Å². The Morgan fingerprint density at radius 3 is 2.67 bits per heavy atom. The molecule has 0 bridgehead atoms. The molecule has 1 aromatic carbocycles. The maximum atomic E-state index is 12.1. The summed E-state index contributed by atoms with van der Waals surface area (Å²) in [5.74, 6) is 0.522. The quantitative estimate of drug-likeness (QED) is 0.902. The fraction of sp³-hybridized carbons (Fsp3) is 0.286. The lowest BCUT2D eigenvalue weighted by molar-refractivity contribution is 0.0994. The Morgan fingerprint density at radius 2 is 2.06 bits per heavy atom. The third-order valence-corrected chi connectivity index (χ3v) is 2.76. The van der Waals surface area contributed by atoms with E-state index in [1.807, 2.05) is 24.3 Å². The second-order valence-electron chi connectivity index (χ2n) is 4.11. The predicted octanol–water partition coefficient (Wildman–Crippen LogP) is 3.11. The number of nitrogens with one attached hydrogen (secondary N) is 1. The summed E-state index contributed by atoms with van der Waals surface area (Å²) < 4.78 is 5.30. The lowest BCUT2D eigenvalue weighted by Gasteiger charge is -2.08. The maximum absolute atomic E-state index is 12.1. The fourth-order valence-electron chi connectivity index (χ4n) is 1.87. The fourth-order valence-corrected chi connectivity index (χ4v) is 1.87. The topological polar surface area (TPSA) is 55.1 Å². The number of nitrogens with zero attached hydrogens (tertiary/aromatic N) is 1. The Kier molecular flexibility index (Phi) is 3.46. The van der Waals surface area contributed by atoms with E-state index in [4.69, 9.17) is 4.42 Å². The van der Waals surface area contributed by atoms with Crippen LogP contribution in [0.5, 0.6) is 0 Å². The van der Waals surface area contributed by atoms with Crippen LogP contribution in [0.4, 0.5) is 5.69 Å².